The summed E-state index contributed by atoms with van der Waals surface area (Å²) in [4.78, 5) is 2.57. The molecule has 11 heavy (non-hydrogen) atoms. The molecule has 0 aromatic rings. The summed E-state index contributed by atoms with van der Waals surface area (Å²) in [5.41, 5.74) is 0. The number of hydrogen-bond donors (Lipinski definition) is 1. The minimum absolute atomic E-state index is 0.819. The van der Waals surface area contributed by atoms with Gasteiger partial charge >= 0.3 is 0 Å². The molecule has 1 N–H and O–H groups in total. The van der Waals surface area contributed by atoms with Crippen molar-refractivity contribution in [1.82, 2.24) is 10.2 Å². The van der Waals surface area contributed by atoms with Gasteiger partial charge in [-0.3, -0.25) is 4.90 Å². The van der Waals surface area contributed by atoms with E-state index < -0.39 is 0 Å². The molecule has 0 unspecified atom stereocenters. The summed E-state index contributed by atoms with van der Waals surface area (Å²) in [6.07, 6.45) is 2.78. The Labute approximate surface area is 70.0 Å². The molecule has 1 fully saturated rings. The average Bonchev–Trinajstić information content (AvgIpc) is 2.47. The molecule has 0 aromatic carbocycles. The number of likely N-dealkylation sites (tertiary alicyclic amines) is 1. The van der Waals surface area contributed by atoms with Gasteiger partial charge in [-0.2, -0.15) is 0 Å². The number of hydrogen-bond acceptors (Lipinski definition) is 2. The Kier molecular flexibility index (Phi) is 3.87. The second kappa shape index (κ2) is 4.73. The topological polar surface area (TPSA) is 15.3 Å². The minimum atomic E-state index is 0.819. The summed E-state index contributed by atoms with van der Waals surface area (Å²) in [5.74, 6) is 0. The van der Waals surface area contributed by atoms with E-state index in [1.807, 2.05) is 0 Å². The molecule has 0 spiro atoms. The van der Waals surface area contributed by atoms with Crippen LogP contribution < -0.4 is 5.32 Å². The second-order valence-electron chi connectivity index (χ2n) is 3.23. The lowest BCUT2D eigenvalue weighted by molar-refractivity contribution is 0.261. The molecular weight excluding hydrogens is 136 g/mol. The lowest BCUT2D eigenvalue weighted by Gasteiger charge is -2.22. The van der Waals surface area contributed by atoms with Crippen molar-refractivity contribution >= 4 is 0 Å². The first-order chi connectivity index (χ1) is 5.38. The van der Waals surface area contributed by atoms with Crippen LogP contribution in [0.3, 0.4) is 0 Å². The van der Waals surface area contributed by atoms with Gasteiger partial charge in [0.2, 0.25) is 0 Å². The van der Waals surface area contributed by atoms with Crippen LogP contribution in [0, 0.1) is 0 Å². The van der Waals surface area contributed by atoms with Crippen LogP contribution in [0.1, 0.15) is 26.7 Å². The third kappa shape index (κ3) is 2.46. The first kappa shape index (κ1) is 9.01. The van der Waals surface area contributed by atoms with Crippen LogP contribution in [0.15, 0.2) is 0 Å². The maximum absolute atomic E-state index is 3.41. The summed E-state index contributed by atoms with van der Waals surface area (Å²) in [7, 11) is 0. The van der Waals surface area contributed by atoms with Crippen LogP contribution >= 0.6 is 0 Å². The fourth-order valence-corrected chi connectivity index (χ4v) is 1.85. The molecule has 0 amide bonds. The van der Waals surface area contributed by atoms with Gasteiger partial charge in [0.15, 0.2) is 0 Å². The third-order valence-electron chi connectivity index (χ3n) is 2.54. The highest BCUT2D eigenvalue weighted by atomic mass is 15.2. The van der Waals surface area contributed by atoms with Crippen molar-refractivity contribution in [3.8, 4) is 0 Å². The van der Waals surface area contributed by atoms with Gasteiger partial charge in [-0.1, -0.05) is 13.8 Å². The Bertz CT molecular complexity index is 104. The Balaban J connectivity index is 2.20. The van der Waals surface area contributed by atoms with E-state index in [2.05, 4.69) is 24.1 Å². The maximum Gasteiger partial charge on any atom is 0.0220 e. The number of nitrogens with one attached hydrogen (secondary N) is 1. The molecule has 2 heteroatoms. The molecule has 0 bridgehead atoms. The first-order valence-corrected chi connectivity index (χ1v) is 4.83. The molecule has 1 saturated heterocycles. The van der Waals surface area contributed by atoms with Crippen molar-refractivity contribution in [1.29, 1.82) is 0 Å². The zero-order chi connectivity index (χ0) is 8.10. The van der Waals surface area contributed by atoms with Gasteiger partial charge < -0.3 is 5.32 Å². The number of nitrogens with zero attached hydrogens (tertiary/aromatic N) is 1. The van der Waals surface area contributed by atoms with E-state index in [9.17, 15) is 0 Å². The highest BCUT2D eigenvalue weighted by molar-refractivity contribution is 4.79. The number of rotatable bonds is 4. The van der Waals surface area contributed by atoms with E-state index in [4.69, 9.17) is 0 Å². The predicted molar refractivity (Wildman–Crippen MR) is 48.8 cm³/mol. The molecule has 2 nitrogen and oxygen atoms in total. The van der Waals surface area contributed by atoms with Crippen LogP contribution in [-0.2, 0) is 0 Å². The molecule has 1 aliphatic rings. The molecule has 0 radical (unpaired) electrons. The van der Waals surface area contributed by atoms with Gasteiger partial charge in [-0.25, -0.2) is 0 Å². The molecule has 66 valence electrons. The second-order valence-corrected chi connectivity index (χ2v) is 3.23. The van der Waals surface area contributed by atoms with E-state index in [1.165, 1.54) is 32.5 Å². The van der Waals surface area contributed by atoms with Gasteiger partial charge in [0.1, 0.15) is 0 Å². The van der Waals surface area contributed by atoms with E-state index in [0.717, 1.165) is 12.6 Å². The van der Waals surface area contributed by atoms with Gasteiger partial charge in [-0.05, 0) is 32.5 Å². The molecule has 0 saturated carbocycles. The zero-order valence-electron chi connectivity index (χ0n) is 7.77. The Hall–Kier alpha value is -0.0800. The SMILES string of the molecule is CCNC[C@H]1CCCN1CC. The summed E-state index contributed by atoms with van der Waals surface area (Å²) in [6.45, 7) is 9.25. The summed E-state index contributed by atoms with van der Waals surface area (Å²) in [6, 6.07) is 0.819. The summed E-state index contributed by atoms with van der Waals surface area (Å²) >= 11 is 0. The highest BCUT2D eigenvalue weighted by Gasteiger charge is 2.21. The fraction of sp³-hybridized carbons (Fsp3) is 1.00. The Morgan fingerprint density at radius 3 is 2.91 bits per heavy atom. The largest absolute Gasteiger partial charge is 0.315 e. The third-order valence-corrected chi connectivity index (χ3v) is 2.54. The Morgan fingerprint density at radius 1 is 1.45 bits per heavy atom. The van der Waals surface area contributed by atoms with Crippen molar-refractivity contribution in [3.63, 3.8) is 0 Å². The van der Waals surface area contributed by atoms with Crippen molar-refractivity contribution in [2.75, 3.05) is 26.2 Å². The van der Waals surface area contributed by atoms with E-state index in [0.29, 0.717) is 0 Å². The van der Waals surface area contributed by atoms with Crippen LogP contribution in [0.25, 0.3) is 0 Å². The molecular formula is C9H20N2. The zero-order valence-corrected chi connectivity index (χ0v) is 7.77. The van der Waals surface area contributed by atoms with E-state index >= 15 is 0 Å². The van der Waals surface area contributed by atoms with Crippen LogP contribution in [0.5, 0.6) is 0 Å². The van der Waals surface area contributed by atoms with Crippen LogP contribution in [0.4, 0.5) is 0 Å². The molecule has 1 rings (SSSR count). The summed E-state index contributed by atoms with van der Waals surface area (Å²) in [5, 5.41) is 3.41. The summed E-state index contributed by atoms with van der Waals surface area (Å²) < 4.78 is 0. The smallest absolute Gasteiger partial charge is 0.0220 e. The molecule has 1 atom stereocenters. The van der Waals surface area contributed by atoms with Crippen molar-refractivity contribution < 1.29 is 0 Å². The van der Waals surface area contributed by atoms with Crippen LogP contribution in [0.2, 0.25) is 0 Å². The normalized spacial score (nSPS) is 26.2. The first-order valence-electron chi connectivity index (χ1n) is 4.83. The Morgan fingerprint density at radius 2 is 2.27 bits per heavy atom. The van der Waals surface area contributed by atoms with Gasteiger partial charge in [0.05, 0.1) is 0 Å². The maximum atomic E-state index is 3.41. The molecule has 0 aromatic heterocycles. The monoisotopic (exact) mass is 156 g/mol. The van der Waals surface area contributed by atoms with Gasteiger partial charge in [0.25, 0.3) is 0 Å². The minimum Gasteiger partial charge on any atom is -0.315 e. The lowest BCUT2D eigenvalue weighted by Crippen LogP contribution is -2.37. The van der Waals surface area contributed by atoms with Crippen molar-refractivity contribution in [3.05, 3.63) is 0 Å². The van der Waals surface area contributed by atoms with Crippen LogP contribution in [-0.4, -0.2) is 37.1 Å². The van der Waals surface area contributed by atoms with E-state index in [-0.39, 0.29) is 0 Å². The van der Waals surface area contributed by atoms with Crippen molar-refractivity contribution in [2.24, 2.45) is 0 Å². The quantitative estimate of drug-likeness (QED) is 0.655. The van der Waals surface area contributed by atoms with E-state index in [1.54, 1.807) is 0 Å². The van der Waals surface area contributed by atoms with Gasteiger partial charge in [-0.15, -0.1) is 0 Å². The van der Waals surface area contributed by atoms with Crippen molar-refractivity contribution in [2.45, 2.75) is 32.7 Å². The predicted octanol–water partition coefficient (Wildman–Crippen LogP) is 1.08. The fourth-order valence-electron chi connectivity index (χ4n) is 1.85. The van der Waals surface area contributed by atoms with Gasteiger partial charge in [0, 0.05) is 12.6 Å². The molecule has 1 heterocycles. The average molecular weight is 156 g/mol. The highest BCUT2D eigenvalue weighted by Crippen LogP contribution is 2.15. The molecule has 0 aliphatic carbocycles. The molecule has 1 aliphatic heterocycles. The standard InChI is InChI=1S/C9H20N2/c1-3-10-8-9-6-5-7-11(9)4-2/h9-10H,3-8H2,1-2H3/t9-/m1/s1. The number of likely N-dealkylation sites (N-methyl/N-ethyl adjacent to an activating group) is 2. The lowest BCUT2D eigenvalue weighted by atomic mass is 10.2.